The smallest absolute Gasteiger partial charge is 0.335 e. The lowest BCUT2D eigenvalue weighted by molar-refractivity contribution is 0.0696. The van der Waals surface area contributed by atoms with Gasteiger partial charge in [-0.3, -0.25) is 0 Å². The number of carboxylic acids is 1. The molecule has 0 saturated carbocycles. The topological polar surface area (TPSA) is 65.0 Å². The van der Waals surface area contributed by atoms with E-state index in [9.17, 15) is 9.90 Å². The molecule has 2 aromatic carbocycles. The van der Waals surface area contributed by atoms with Crippen LogP contribution < -0.4 is 9.47 Å². The lowest BCUT2D eigenvalue weighted by atomic mass is 10.1. The molecular weight excluding hydrogens is 420 g/mol. The van der Waals surface area contributed by atoms with Crippen molar-refractivity contribution in [1.29, 1.82) is 0 Å². The molecule has 32 heavy (non-hydrogen) atoms. The molecule has 0 amide bonds. The van der Waals surface area contributed by atoms with E-state index in [4.69, 9.17) is 13.9 Å². The molecule has 6 heteroatoms. The van der Waals surface area contributed by atoms with Crippen LogP contribution in [0.5, 0.6) is 11.5 Å². The molecule has 0 radical (unpaired) electrons. The minimum absolute atomic E-state index is 0.162. The molecule has 0 aliphatic heterocycles. The fourth-order valence-corrected chi connectivity index (χ4v) is 10.3. The molecule has 0 saturated heterocycles. The summed E-state index contributed by atoms with van der Waals surface area (Å²) >= 11 is 0. The molecule has 0 bridgehead atoms. The normalized spacial score (nSPS) is 12.9. The van der Waals surface area contributed by atoms with Gasteiger partial charge in [-0.15, -0.1) is 0 Å². The number of carbonyl (C=O) groups is 1. The van der Waals surface area contributed by atoms with Gasteiger partial charge in [0.15, 0.2) is 19.8 Å². The van der Waals surface area contributed by atoms with E-state index >= 15 is 0 Å². The van der Waals surface area contributed by atoms with E-state index in [0.29, 0.717) is 41.2 Å². The summed E-state index contributed by atoms with van der Waals surface area (Å²) in [6, 6.07) is 14.7. The standard InChI is InChI=1S/C26H38O5Si/c1-18(2)32(19(3)4,20(5)6)30-16-15-23(21-11-9-8-10-12-21)31-24-14-13-22(26(27)28)17-25(24)29-7/h8-14,17-20,23H,15-16H2,1-7H3,(H,27,28)/t23-/m0/s1. The second-order valence-corrected chi connectivity index (χ2v) is 14.6. The molecule has 0 aromatic heterocycles. The van der Waals surface area contributed by atoms with E-state index in [0.717, 1.165) is 5.56 Å². The highest BCUT2D eigenvalue weighted by atomic mass is 28.4. The lowest BCUT2D eigenvalue weighted by Crippen LogP contribution is -2.48. The van der Waals surface area contributed by atoms with Crippen LogP contribution >= 0.6 is 0 Å². The maximum absolute atomic E-state index is 11.3. The van der Waals surface area contributed by atoms with Crippen LogP contribution in [0.3, 0.4) is 0 Å². The van der Waals surface area contributed by atoms with E-state index in [1.807, 2.05) is 30.3 Å². The third-order valence-electron chi connectivity index (χ3n) is 6.29. The zero-order chi connectivity index (χ0) is 23.9. The lowest BCUT2D eigenvalue weighted by Gasteiger charge is -2.42. The molecule has 0 aliphatic carbocycles. The fraction of sp³-hybridized carbons (Fsp3) is 0.500. The molecule has 0 fully saturated rings. The molecule has 0 aliphatic rings. The van der Waals surface area contributed by atoms with Crippen molar-refractivity contribution in [2.45, 2.75) is 70.7 Å². The summed E-state index contributed by atoms with van der Waals surface area (Å²) in [6.07, 6.45) is 0.452. The van der Waals surface area contributed by atoms with Crippen molar-refractivity contribution in [3.8, 4) is 11.5 Å². The van der Waals surface area contributed by atoms with Crippen LogP contribution in [0.4, 0.5) is 0 Å². The third-order valence-corrected chi connectivity index (χ3v) is 12.4. The van der Waals surface area contributed by atoms with Crippen LogP contribution in [0.25, 0.3) is 0 Å². The molecule has 2 aromatic rings. The monoisotopic (exact) mass is 458 g/mol. The summed E-state index contributed by atoms with van der Waals surface area (Å²) in [5.74, 6) is -0.0753. The highest BCUT2D eigenvalue weighted by Gasteiger charge is 2.45. The first-order valence-corrected chi connectivity index (χ1v) is 13.5. The van der Waals surface area contributed by atoms with Crippen molar-refractivity contribution in [3.63, 3.8) is 0 Å². The average Bonchev–Trinajstić information content (AvgIpc) is 2.75. The quantitative estimate of drug-likeness (QED) is 0.344. The number of hydrogen-bond donors (Lipinski definition) is 1. The minimum atomic E-state index is -1.97. The van der Waals surface area contributed by atoms with E-state index < -0.39 is 14.3 Å². The van der Waals surface area contributed by atoms with E-state index in [-0.39, 0.29) is 11.7 Å². The second-order valence-electron chi connectivity index (χ2n) is 9.14. The Kier molecular flexibility index (Phi) is 9.34. The van der Waals surface area contributed by atoms with Gasteiger partial charge in [0.05, 0.1) is 12.7 Å². The van der Waals surface area contributed by atoms with Gasteiger partial charge in [0.2, 0.25) is 0 Å². The maximum Gasteiger partial charge on any atom is 0.335 e. The van der Waals surface area contributed by atoms with Gasteiger partial charge in [0.1, 0.15) is 6.10 Å². The first kappa shape index (κ1) is 25.9. The molecule has 1 atom stereocenters. The Balaban J connectivity index is 2.27. The predicted octanol–water partition coefficient (Wildman–Crippen LogP) is 7.10. The highest BCUT2D eigenvalue weighted by molar-refractivity contribution is 6.77. The largest absolute Gasteiger partial charge is 0.493 e. The number of rotatable bonds is 12. The summed E-state index contributed by atoms with van der Waals surface area (Å²) in [4.78, 5) is 11.3. The van der Waals surface area contributed by atoms with Crippen LogP contribution in [0.15, 0.2) is 48.5 Å². The predicted molar refractivity (Wildman–Crippen MR) is 131 cm³/mol. The summed E-state index contributed by atoms with van der Waals surface area (Å²) < 4.78 is 18.5. The number of aromatic carboxylic acids is 1. The van der Waals surface area contributed by atoms with E-state index in [1.165, 1.54) is 19.2 Å². The first-order valence-electron chi connectivity index (χ1n) is 11.4. The molecule has 2 rings (SSSR count). The van der Waals surface area contributed by atoms with Crippen LogP contribution in [0.1, 0.15) is 70.0 Å². The van der Waals surface area contributed by atoms with Gasteiger partial charge in [-0.1, -0.05) is 71.9 Å². The Morgan fingerprint density at radius 1 is 0.906 bits per heavy atom. The van der Waals surface area contributed by atoms with Gasteiger partial charge < -0.3 is 19.0 Å². The highest BCUT2D eigenvalue weighted by Crippen LogP contribution is 2.43. The minimum Gasteiger partial charge on any atom is -0.493 e. The zero-order valence-corrected chi connectivity index (χ0v) is 21.4. The van der Waals surface area contributed by atoms with Crippen molar-refractivity contribution in [2.75, 3.05) is 13.7 Å². The Morgan fingerprint density at radius 2 is 1.50 bits per heavy atom. The third kappa shape index (κ3) is 5.93. The van der Waals surface area contributed by atoms with Crippen molar-refractivity contribution in [2.24, 2.45) is 0 Å². The second kappa shape index (κ2) is 11.5. The molecule has 0 heterocycles. The summed E-state index contributed by atoms with van der Waals surface area (Å²) in [5.41, 5.74) is 2.76. The van der Waals surface area contributed by atoms with Crippen molar-refractivity contribution >= 4 is 14.3 Å². The van der Waals surface area contributed by atoms with Crippen LogP contribution in [-0.2, 0) is 4.43 Å². The van der Waals surface area contributed by atoms with Crippen LogP contribution in [0, 0.1) is 0 Å². The summed E-state index contributed by atoms with van der Waals surface area (Å²) in [5, 5.41) is 9.27. The molecule has 1 N–H and O–H groups in total. The SMILES string of the molecule is COc1cc(C(=O)O)ccc1O[C@@H](CCO[Si](C(C)C)(C(C)C)C(C)C)c1ccccc1. The molecule has 176 valence electrons. The van der Waals surface area contributed by atoms with Crippen LogP contribution in [0.2, 0.25) is 16.6 Å². The van der Waals surface area contributed by atoms with E-state index in [2.05, 4.69) is 41.5 Å². The molecule has 0 unspecified atom stereocenters. The van der Waals surface area contributed by atoms with E-state index in [1.54, 1.807) is 6.07 Å². The summed E-state index contributed by atoms with van der Waals surface area (Å²) in [7, 11) is -0.455. The van der Waals surface area contributed by atoms with Gasteiger partial charge in [-0.2, -0.15) is 0 Å². The van der Waals surface area contributed by atoms with Gasteiger partial charge in [0.25, 0.3) is 0 Å². The number of carboxylic acid groups (broad SMARTS) is 1. The van der Waals surface area contributed by atoms with Crippen molar-refractivity contribution < 1.29 is 23.8 Å². The summed E-state index contributed by atoms with van der Waals surface area (Å²) in [6.45, 7) is 14.3. The van der Waals surface area contributed by atoms with Crippen molar-refractivity contribution in [1.82, 2.24) is 0 Å². The first-order chi connectivity index (χ1) is 15.1. The van der Waals surface area contributed by atoms with Crippen LogP contribution in [-0.4, -0.2) is 33.1 Å². The number of methoxy groups -OCH3 is 1. The fourth-order valence-electron chi connectivity index (χ4n) is 4.86. The Bertz CT molecular complexity index is 842. The van der Waals surface area contributed by atoms with Gasteiger partial charge in [-0.25, -0.2) is 4.79 Å². The number of benzene rings is 2. The molecule has 0 spiro atoms. The van der Waals surface area contributed by atoms with Crippen molar-refractivity contribution in [3.05, 3.63) is 59.7 Å². The maximum atomic E-state index is 11.3. The zero-order valence-electron chi connectivity index (χ0n) is 20.4. The Hall–Kier alpha value is -2.31. The number of ether oxygens (including phenoxy) is 2. The molecular formula is C26H38O5Si. The Morgan fingerprint density at radius 3 is 2.00 bits per heavy atom. The average molecular weight is 459 g/mol. The Labute approximate surface area is 193 Å². The van der Waals surface area contributed by atoms with Gasteiger partial charge >= 0.3 is 5.97 Å². The van der Waals surface area contributed by atoms with Gasteiger partial charge in [0, 0.05) is 13.0 Å². The van der Waals surface area contributed by atoms with Gasteiger partial charge in [-0.05, 0) is 40.4 Å². The number of hydrogen-bond acceptors (Lipinski definition) is 4. The molecule has 5 nitrogen and oxygen atoms in total.